The van der Waals surface area contributed by atoms with Gasteiger partial charge in [0, 0.05) is 39.3 Å². The molecule has 0 bridgehead atoms. The highest BCUT2D eigenvalue weighted by Gasteiger charge is 2.27. The molecule has 1 aromatic heterocycles. The van der Waals surface area contributed by atoms with E-state index >= 15 is 0 Å². The van der Waals surface area contributed by atoms with Crippen molar-refractivity contribution in [3.63, 3.8) is 0 Å². The van der Waals surface area contributed by atoms with Gasteiger partial charge in [-0.25, -0.2) is 4.79 Å². The molecule has 1 aromatic carbocycles. The summed E-state index contributed by atoms with van der Waals surface area (Å²) in [7, 11) is 1.50. The van der Waals surface area contributed by atoms with Crippen molar-refractivity contribution in [3.8, 4) is 5.75 Å². The molecule has 1 unspecified atom stereocenters. The van der Waals surface area contributed by atoms with Crippen LogP contribution in [0.4, 0.5) is 5.82 Å². The van der Waals surface area contributed by atoms with Gasteiger partial charge in [-0.1, -0.05) is 19.1 Å². The largest absolute Gasteiger partial charge is 0.494 e. The van der Waals surface area contributed by atoms with Crippen molar-refractivity contribution in [2.45, 2.75) is 46.1 Å². The smallest absolute Gasteiger partial charge is 0.332 e. The van der Waals surface area contributed by atoms with E-state index in [0.717, 1.165) is 48.1 Å². The Morgan fingerprint density at radius 1 is 1.19 bits per heavy atom. The average molecular weight is 443 g/mol. The maximum atomic E-state index is 12.8. The maximum Gasteiger partial charge on any atom is 0.332 e. The van der Waals surface area contributed by atoms with Crippen LogP contribution in [0.2, 0.25) is 0 Å². The van der Waals surface area contributed by atoms with Gasteiger partial charge >= 0.3 is 5.69 Å². The number of hydrogen-bond acceptors (Lipinski definition) is 5. The van der Waals surface area contributed by atoms with Gasteiger partial charge in [0.1, 0.15) is 11.6 Å². The Balaban J connectivity index is 1.61. The van der Waals surface area contributed by atoms with Gasteiger partial charge in [-0.3, -0.25) is 18.7 Å². The number of rotatable bonds is 9. The Labute approximate surface area is 188 Å². The summed E-state index contributed by atoms with van der Waals surface area (Å²) in [4.78, 5) is 39.7. The highest BCUT2D eigenvalue weighted by atomic mass is 16.5. The van der Waals surface area contributed by atoms with Gasteiger partial charge < -0.3 is 15.0 Å². The highest BCUT2D eigenvalue weighted by Crippen LogP contribution is 2.22. The van der Waals surface area contributed by atoms with Gasteiger partial charge in [-0.15, -0.1) is 0 Å². The van der Waals surface area contributed by atoms with Crippen LogP contribution in [0.1, 0.15) is 38.7 Å². The summed E-state index contributed by atoms with van der Waals surface area (Å²) >= 11 is 0. The monoisotopic (exact) mass is 442 g/mol. The minimum absolute atomic E-state index is 0.0221. The van der Waals surface area contributed by atoms with Crippen molar-refractivity contribution in [1.82, 2.24) is 14.5 Å². The van der Waals surface area contributed by atoms with Gasteiger partial charge in [0.25, 0.3) is 5.56 Å². The van der Waals surface area contributed by atoms with Crippen molar-refractivity contribution in [2.24, 2.45) is 13.0 Å². The van der Waals surface area contributed by atoms with Crippen molar-refractivity contribution in [1.29, 1.82) is 0 Å². The molecule has 2 heterocycles. The zero-order valence-electron chi connectivity index (χ0n) is 19.3. The number of piperidine rings is 1. The second-order valence-electron chi connectivity index (χ2n) is 8.24. The Morgan fingerprint density at radius 2 is 1.94 bits per heavy atom. The van der Waals surface area contributed by atoms with E-state index in [-0.39, 0.29) is 23.1 Å². The minimum Gasteiger partial charge on any atom is -0.494 e. The van der Waals surface area contributed by atoms with Gasteiger partial charge in [-0.05, 0) is 50.3 Å². The van der Waals surface area contributed by atoms with Gasteiger partial charge in [0.05, 0.1) is 12.5 Å². The van der Waals surface area contributed by atoms with Crippen LogP contribution in [-0.4, -0.2) is 41.3 Å². The Hall–Kier alpha value is -3.03. The Morgan fingerprint density at radius 3 is 2.62 bits per heavy atom. The molecule has 1 aliphatic heterocycles. The van der Waals surface area contributed by atoms with E-state index in [4.69, 9.17) is 4.74 Å². The topological polar surface area (TPSA) is 85.6 Å². The molecule has 0 radical (unpaired) electrons. The fourth-order valence-corrected chi connectivity index (χ4v) is 4.15. The van der Waals surface area contributed by atoms with E-state index < -0.39 is 0 Å². The van der Waals surface area contributed by atoms with Crippen LogP contribution < -0.4 is 26.2 Å². The standard InChI is InChI=1S/C24H34N4O4/c1-4-14-28-21(16-22(29)26(3)24(28)31)27-15-6-7-19(17-27)23(30)25-13-12-18-8-10-20(11-9-18)32-5-2/h8-11,16,19H,4-7,12-15,17H2,1-3H3,(H,25,30). The van der Waals surface area contributed by atoms with Crippen molar-refractivity contribution in [3.05, 3.63) is 56.7 Å². The Bertz CT molecular complexity index is 1030. The molecule has 1 saturated heterocycles. The normalized spacial score (nSPS) is 16.1. The first-order valence-electron chi connectivity index (χ1n) is 11.5. The van der Waals surface area contributed by atoms with Crippen molar-refractivity contribution in [2.75, 3.05) is 31.1 Å². The van der Waals surface area contributed by atoms with Crippen LogP contribution in [0.15, 0.2) is 39.9 Å². The number of hydrogen-bond donors (Lipinski definition) is 1. The van der Waals surface area contributed by atoms with E-state index in [2.05, 4.69) is 5.32 Å². The molecule has 0 spiro atoms. The molecule has 1 fully saturated rings. The minimum atomic E-state index is -0.320. The molecule has 1 aliphatic rings. The van der Waals surface area contributed by atoms with E-state index in [1.165, 1.54) is 13.1 Å². The fourth-order valence-electron chi connectivity index (χ4n) is 4.15. The highest BCUT2D eigenvalue weighted by molar-refractivity contribution is 5.79. The lowest BCUT2D eigenvalue weighted by Crippen LogP contribution is -2.47. The summed E-state index contributed by atoms with van der Waals surface area (Å²) in [5.74, 6) is 1.32. The third-order valence-electron chi connectivity index (χ3n) is 5.89. The van der Waals surface area contributed by atoms with E-state index in [9.17, 15) is 14.4 Å². The fraction of sp³-hybridized carbons (Fsp3) is 0.542. The second-order valence-corrected chi connectivity index (χ2v) is 8.24. The van der Waals surface area contributed by atoms with Crippen LogP contribution in [0.25, 0.3) is 0 Å². The molecule has 2 aromatic rings. The summed E-state index contributed by atoms with van der Waals surface area (Å²) < 4.78 is 8.24. The quantitative estimate of drug-likeness (QED) is 0.641. The average Bonchev–Trinajstić information content (AvgIpc) is 2.80. The molecule has 174 valence electrons. The van der Waals surface area contributed by atoms with Gasteiger partial charge in [0.15, 0.2) is 0 Å². The molecule has 1 N–H and O–H groups in total. The lowest BCUT2D eigenvalue weighted by molar-refractivity contribution is -0.125. The first-order valence-corrected chi connectivity index (χ1v) is 11.5. The van der Waals surface area contributed by atoms with Gasteiger partial charge in [0.2, 0.25) is 5.91 Å². The zero-order valence-corrected chi connectivity index (χ0v) is 19.3. The molecule has 3 rings (SSSR count). The third kappa shape index (κ3) is 5.60. The van der Waals surface area contributed by atoms with Crippen molar-refractivity contribution >= 4 is 11.7 Å². The molecular weight excluding hydrogens is 408 g/mol. The predicted octanol–water partition coefficient (Wildman–Crippen LogP) is 1.93. The number of carbonyl (C=O) groups is 1. The number of ether oxygens (including phenoxy) is 1. The number of anilines is 1. The number of benzene rings is 1. The molecular formula is C24H34N4O4. The number of nitrogens with zero attached hydrogens (tertiary/aromatic N) is 3. The summed E-state index contributed by atoms with van der Waals surface area (Å²) in [6.07, 6.45) is 3.18. The van der Waals surface area contributed by atoms with E-state index in [0.29, 0.717) is 32.1 Å². The lowest BCUT2D eigenvalue weighted by atomic mass is 9.97. The Kier molecular flexibility index (Phi) is 8.14. The zero-order chi connectivity index (χ0) is 23.1. The van der Waals surface area contributed by atoms with Crippen LogP contribution >= 0.6 is 0 Å². The van der Waals surface area contributed by atoms with E-state index in [1.54, 1.807) is 4.57 Å². The molecule has 1 atom stereocenters. The van der Waals surface area contributed by atoms with Crippen LogP contribution in [0.3, 0.4) is 0 Å². The molecule has 0 aliphatic carbocycles. The third-order valence-corrected chi connectivity index (χ3v) is 5.89. The predicted molar refractivity (Wildman–Crippen MR) is 125 cm³/mol. The summed E-state index contributed by atoms with van der Waals surface area (Å²) in [6.45, 7) is 6.93. The molecule has 1 amide bonds. The van der Waals surface area contributed by atoms with Crippen LogP contribution in [0, 0.1) is 5.92 Å². The number of nitrogens with one attached hydrogen (secondary N) is 1. The van der Waals surface area contributed by atoms with Crippen LogP contribution in [-0.2, 0) is 24.8 Å². The molecule has 0 saturated carbocycles. The second kappa shape index (κ2) is 11.0. The van der Waals surface area contributed by atoms with Crippen molar-refractivity contribution < 1.29 is 9.53 Å². The number of carbonyl (C=O) groups excluding carboxylic acids is 1. The number of aromatic nitrogens is 2. The first kappa shape index (κ1) is 23.6. The lowest BCUT2D eigenvalue weighted by Gasteiger charge is -2.35. The first-order chi connectivity index (χ1) is 15.4. The maximum absolute atomic E-state index is 12.8. The van der Waals surface area contributed by atoms with Gasteiger partial charge in [-0.2, -0.15) is 0 Å². The molecule has 8 nitrogen and oxygen atoms in total. The molecule has 8 heteroatoms. The van der Waals surface area contributed by atoms with Crippen LogP contribution in [0.5, 0.6) is 5.75 Å². The summed E-state index contributed by atoms with van der Waals surface area (Å²) in [6, 6.07) is 9.44. The summed E-state index contributed by atoms with van der Waals surface area (Å²) in [5, 5.41) is 3.05. The summed E-state index contributed by atoms with van der Waals surface area (Å²) in [5.41, 5.74) is 0.512. The van der Waals surface area contributed by atoms with E-state index in [1.807, 2.05) is 43.0 Å². The number of amides is 1. The SMILES string of the molecule is CCCn1c(N2CCCC(C(=O)NCCc3ccc(OCC)cc3)C2)cc(=O)n(C)c1=O. The molecule has 32 heavy (non-hydrogen) atoms.